The molecule has 0 saturated heterocycles. The Morgan fingerprint density at radius 2 is 2.17 bits per heavy atom. The normalized spacial score (nSPS) is 10.8. The minimum atomic E-state index is -0.301. The molecule has 0 aliphatic heterocycles. The number of ether oxygens (including phenoxy) is 1. The molecular formula is C17H17N3O3S. The molecule has 0 unspecified atom stereocenters. The SMILES string of the molecule is COCc1ccc(C(=O)Nc2ccccc2Sc2nccn2C)o1. The number of methoxy groups -OCH3 is 1. The van der Waals surface area contributed by atoms with Crippen LogP contribution in [0.5, 0.6) is 0 Å². The Bertz CT molecular complexity index is 841. The molecule has 1 amide bonds. The first-order valence-electron chi connectivity index (χ1n) is 7.30. The zero-order chi connectivity index (χ0) is 16.9. The number of aryl methyl sites for hydroxylation is 1. The lowest BCUT2D eigenvalue weighted by Crippen LogP contribution is -2.11. The third kappa shape index (κ3) is 3.69. The number of hydrogen-bond donors (Lipinski definition) is 1. The van der Waals surface area contributed by atoms with Gasteiger partial charge in [0.05, 0.1) is 5.69 Å². The molecule has 2 aromatic heterocycles. The van der Waals surface area contributed by atoms with Crippen LogP contribution in [0.2, 0.25) is 0 Å². The van der Waals surface area contributed by atoms with Crippen molar-refractivity contribution in [3.8, 4) is 0 Å². The summed E-state index contributed by atoms with van der Waals surface area (Å²) < 4.78 is 12.4. The maximum Gasteiger partial charge on any atom is 0.291 e. The summed E-state index contributed by atoms with van der Waals surface area (Å²) in [5.74, 6) is 0.558. The Morgan fingerprint density at radius 1 is 1.33 bits per heavy atom. The number of benzene rings is 1. The highest BCUT2D eigenvalue weighted by molar-refractivity contribution is 7.99. The van der Waals surface area contributed by atoms with Gasteiger partial charge in [0.15, 0.2) is 10.9 Å². The fourth-order valence-electron chi connectivity index (χ4n) is 2.11. The monoisotopic (exact) mass is 343 g/mol. The molecule has 7 heteroatoms. The second-order valence-electron chi connectivity index (χ2n) is 5.07. The Balaban J connectivity index is 1.77. The van der Waals surface area contributed by atoms with Gasteiger partial charge < -0.3 is 19.0 Å². The van der Waals surface area contributed by atoms with E-state index >= 15 is 0 Å². The zero-order valence-electron chi connectivity index (χ0n) is 13.4. The minimum absolute atomic E-state index is 0.249. The van der Waals surface area contributed by atoms with E-state index in [0.29, 0.717) is 18.1 Å². The molecule has 6 nitrogen and oxygen atoms in total. The van der Waals surface area contributed by atoms with Crippen molar-refractivity contribution in [1.82, 2.24) is 9.55 Å². The van der Waals surface area contributed by atoms with E-state index in [0.717, 1.165) is 10.1 Å². The molecule has 0 spiro atoms. The number of nitrogens with one attached hydrogen (secondary N) is 1. The summed E-state index contributed by atoms with van der Waals surface area (Å²) in [5, 5.41) is 3.73. The smallest absolute Gasteiger partial charge is 0.291 e. The first-order chi connectivity index (χ1) is 11.7. The van der Waals surface area contributed by atoms with Crippen LogP contribution in [0.4, 0.5) is 5.69 Å². The van der Waals surface area contributed by atoms with Crippen LogP contribution in [-0.2, 0) is 18.4 Å². The molecule has 3 rings (SSSR count). The van der Waals surface area contributed by atoms with Crippen LogP contribution in [0, 0.1) is 0 Å². The number of rotatable bonds is 6. The van der Waals surface area contributed by atoms with Crippen molar-refractivity contribution in [2.45, 2.75) is 16.7 Å². The van der Waals surface area contributed by atoms with Gasteiger partial charge in [-0.15, -0.1) is 0 Å². The van der Waals surface area contributed by atoms with Gasteiger partial charge in [0.2, 0.25) is 0 Å². The summed E-state index contributed by atoms with van der Waals surface area (Å²) in [5.41, 5.74) is 0.709. The fraction of sp³-hybridized carbons (Fsp3) is 0.176. The van der Waals surface area contributed by atoms with Crippen molar-refractivity contribution in [2.75, 3.05) is 12.4 Å². The van der Waals surface area contributed by atoms with E-state index in [1.54, 1.807) is 25.4 Å². The lowest BCUT2D eigenvalue weighted by atomic mass is 10.3. The summed E-state index contributed by atoms with van der Waals surface area (Å²) in [6, 6.07) is 10.9. The standard InChI is InChI=1S/C17H17N3O3S/c1-20-10-9-18-17(20)24-15-6-4-3-5-13(15)19-16(21)14-8-7-12(23-14)11-22-2/h3-10H,11H2,1-2H3,(H,19,21). The molecule has 1 N–H and O–H groups in total. The van der Waals surface area contributed by atoms with Gasteiger partial charge >= 0.3 is 0 Å². The lowest BCUT2D eigenvalue weighted by Gasteiger charge is -2.09. The number of amides is 1. The van der Waals surface area contributed by atoms with Gasteiger partial charge in [0.25, 0.3) is 5.91 Å². The molecule has 0 aliphatic rings. The molecule has 3 aromatic rings. The number of furan rings is 1. The Kier molecular flexibility index (Phi) is 5.02. The lowest BCUT2D eigenvalue weighted by molar-refractivity contribution is 0.0987. The van der Waals surface area contributed by atoms with E-state index in [4.69, 9.17) is 9.15 Å². The van der Waals surface area contributed by atoms with E-state index < -0.39 is 0 Å². The van der Waals surface area contributed by atoms with E-state index in [1.807, 2.05) is 42.1 Å². The van der Waals surface area contributed by atoms with Crippen LogP contribution in [0.25, 0.3) is 0 Å². The molecule has 0 aliphatic carbocycles. The zero-order valence-corrected chi connectivity index (χ0v) is 14.2. The van der Waals surface area contributed by atoms with Crippen molar-refractivity contribution >= 4 is 23.4 Å². The van der Waals surface area contributed by atoms with Gasteiger partial charge in [-0.25, -0.2) is 4.98 Å². The van der Waals surface area contributed by atoms with Crippen LogP contribution in [0.15, 0.2) is 63.3 Å². The molecule has 2 heterocycles. The number of hydrogen-bond acceptors (Lipinski definition) is 5. The summed E-state index contributed by atoms with van der Waals surface area (Å²) in [6.45, 7) is 0.332. The van der Waals surface area contributed by atoms with E-state index in [9.17, 15) is 4.79 Å². The van der Waals surface area contributed by atoms with Crippen LogP contribution >= 0.6 is 11.8 Å². The highest BCUT2D eigenvalue weighted by Crippen LogP contribution is 2.32. The van der Waals surface area contributed by atoms with Gasteiger partial charge in [-0.1, -0.05) is 12.1 Å². The van der Waals surface area contributed by atoms with E-state index in [2.05, 4.69) is 10.3 Å². The highest BCUT2D eigenvalue weighted by Gasteiger charge is 2.14. The summed E-state index contributed by atoms with van der Waals surface area (Å²) in [4.78, 5) is 17.6. The maximum atomic E-state index is 12.4. The van der Waals surface area contributed by atoms with Gasteiger partial charge in [0.1, 0.15) is 12.4 Å². The third-order valence-corrected chi connectivity index (χ3v) is 4.44. The van der Waals surface area contributed by atoms with Crippen LogP contribution < -0.4 is 5.32 Å². The Labute approximate surface area is 143 Å². The Morgan fingerprint density at radius 3 is 2.92 bits per heavy atom. The number of imidazole rings is 1. The second kappa shape index (κ2) is 7.37. The number of nitrogens with zero attached hydrogens (tertiary/aromatic N) is 2. The summed E-state index contributed by atoms with van der Waals surface area (Å²) in [7, 11) is 3.50. The van der Waals surface area contributed by atoms with Crippen molar-refractivity contribution in [2.24, 2.45) is 7.05 Å². The molecule has 0 fully saturated rings. The minimum Gasteiger partial charge on any atom is -0.453 e. The molecular weight excluding hydrogens is 326 g/mol. The summed E-state index contributed by atoms with van der Waals surface area (Å²) in [6.07, 6.45) is 3.62. The Hall–Kier alpha value is -2.51. The molecule has 0 atom stereocenters. The average Bonchev–Trinajstić information content (AvgIpc) is 3.19. The van der Waals surface area contributed by atoms with Crippen LogP contribution in [-0.4, -0.2) is 22.6 Å². The number of para-hydroxylation sites is 1. The molecule has 1 aromatic carbocycles. The van der Waals surface area contributed by atoms with E-state index in [1.165, 1.54) is 11.8 Å². The molecule has 0 bridgehead atoms. The maximum absolute atomic E-state index is 12.4. The van der Waals surface area contributed by atoms with Crippen molar-refractivity contribution in [3.63, 3.8) is 0 Å². The first kappa shape index (κ1) is 16.4. The van der Waals surface area contributed by atoms with E-state index in [-0.39, 0.29) is 11.7 Å². The van der Waals surface area contributed by atoms with Crippen LogP contribution in [0.3, 0.4) is 0 Å². The van der Waals surface area contributed by atoms with Crippen molar-refractivity contribution in [3.05, 3.63) is 60.3 Å². The molecule has 0 radical (unpaired) electrons. The predicted octanol–water partition coefficient (Wildman–Crippen LogP) is 3.56. The fourth-order valence-corrected chi connectivity index (χ4v) is 3.00. The van der Waals surface area contributed by atoms with Crippen LogP contribution in [0.1, 0.15) is 16.3 Å². The first-order valence-corrected chi connectivity index (χ1v) is 8.12. The van der Waals surface area contributed by atoms with Gasteiger partial charge in [-0.2, -0.15) is 0 Å². The molecule has 124 valence electrons. The van der Waals surface area contributed by atoms with Gasteiger partial charge in [-0.05, 0) is 36.0 Å². The second-order valence-corrected chi connectivity index (χ2v) is 6.08. The highest BCUT2D eigenvalue weighted by atomic mass is 32.2. The topological polar surface area (TPSA) is 69.3 Å². The quantitative estimate of drug-likeness (QED) is 0.741. The molecule has 0 saturated carbocycles. The largest absolute Gasteiger partial charge is 0.453 e. The average molecular weight is 343 g/mol. The van der Waals surface area contributed by atoms with Gasteiger partial charge in [0, 0.05) is 31.4 Å². The number of carbonyl (C=O) groups is 1. The van der Waals surface area contributed by atoms with Crippen molar-refractivity contribution in [1.29, 1.82) is 0 Å². The predicted molar refractivity (Wildman–Crippen MR) is 91.1 cm³/mol. The summed E-state index contributed by atoms with van der Waals surface area (Å²) >= 11 is 1.48. The van der Waals surface area contributed by atoms with Gasteiger partial charge in [-0.3, -0.25) is 4.79 Å². The number of aromatic nitrogens is 2. The van der Waals surface area contributed by atoms with Crippen molar-refractivity contribution < 1.29 is 13.9 Å². The molecule has 24 heavy (non-hydrogen) atoms. The third-order valence-electron chi connectivity index (χ3n) is 3.29. The number of anilines is 1. The number of carbonyl (C=O) groups excluding carboxylic acids is 1.